The molecule has 0 heterocycles. The largest absolute Gasteiger partial charge is 0.475 e. The van der Waals surface area contributed by atoms with E-state index in [1.165, 1.54) is 12.1 Å². The average Bonchev–Trinajstić information content (AvgIpc) is 2.26. The van der Waals surface area contributed by atoms with Gasteiger partial charge in [-0.2, -0.15) is 0 Å². The molecular formula is C10H13N2O3. The number of non-ortho nitro benzene ring substituents is 1. The van der Waals surface area contributed by atoms with Gasteiger partial charge in [-0.1, -0.05) is 0 Å². The Kier molecular flexibility index (Phi) is 4.05. The number of rotatable bonds is 5. The van der Waals surface area contributed by atoms with Gasteiger partial charge < -0.3 is 4.74 Å². The van der Waals surface area contributed by atoms with E-state index in [-0.39, 0.29) is 11.9 Å². The van der Waals surface area contributed by atoms with Crippen LogP contribution in [0, 0.1) is 17.0 Å². The first-order chi connectivity index (χ1) is 7.17. The van der Waals surface area contributed by atoms with Gasteiger partial charge in [0.05, 0.1) is 4.92 Å². The molecule has 1 atom stereocenters. The normalized spacial score (nSPS) is 12.1. The van der Waals surface area contributed by atoms with Crippen LogP contribution in [-0.4, -0.2) is 18.2 Å². The van der Waals surface area contributed by atoms with Crippen molar-refractivity contribution in [2.24, 2.45) is 0 Å². The van der Waals surface area contributed by atoms with Crippen molar-refractivity contribution in [2.75, 3.05) is 7.05 Å². The molecule has 0 aliphatic carbocycles. The lowest BCUT2D eigenvalue weighted by Crippen LogP contribution is -2.30. The minimum Gasteiger partial charge on any atom is -0.475 e. The molecule has 1 aromatic rings. The molecule has 0 aliphatic rings. The molecule has 0 bridgehead atoms. The van der Waals surface area contributed by atoms with Crippen LogP contribution >= 0.6 is 0 Å². The van der Waals surface area contributed by atoms with Crippen LogP contribution in [0.5, 0.6) is 5.75 Å². The fourth-order valence-corrected chi connectivity index (χ4v) is 1.07. The van der Waals surface area contributed by atoms with Gasteiger partial charge in [0.15, 0.2) is 0 Å². The van der Waals surface area contributed by atoms with E-state index in [0.29, 0.717) is 12.2 Å². The second-order valence-electron chi connectivity index (χ2n) is 2.93. The summed E-state index contributed by atoms with van der Waals surface area (Å²) in [5, 5.41) is 13.3. The molecule has 1 N–H and O–H groups in total. The Balaban J connectivity index is 2.67. The Morgan fingerprint density at radius 1 is 1.53 bits per heavy atom. The SMILES string of the molecule is [CH2]C[C@@H](NC)Oc1ccc([N+](=O)[O-])cc1. The monoisotopic (exact) mass is 209 g/mol. The predicted octanol–water partition coefficient (Wildman–Crippen LogP) is 1.74. The zero-order valence-corrected chi connectivity index (χ0v) is 8.47. The summed E-state index contributed by atoms with van der Waals surface area (Å²) in [4.78, 5) is 9.95. The van der Waals surface area contributed by atoms with E-state index in [2.05, 4.69) is 12.2 Å². The Bertz CT molecular complexity index is 320. The molecule has 0 fully saturated rings. The number of benzene rings is 1. The number of hydrogen-bond acceptors (Lipinski definition) is 4. The quantitative estimate of drug-likeness (QED) is 0.455. The van der Waals surface area contributed by atoms with Crippen molar-refractivity contribution in [2.45, 2.75) is 12.6 Å². The molecule has 0 amide bonds. The summed E-state index contributed by atoms with van der Waals surface area (Å²) in [6.45, 7) is 3.70. The first-order valence-corrected chi connectivity index (χ1v) is 4.55. The van der Waals surface area contributed by atoms with Crippen LogP contribution in [0.4, 0.5) is 5.69 Å². The lowest BCUT2D eigenvalue weighted by molar-refractivity contribution is -0.384. The highest BCUT2D eigenvalue weighted by Crippen LogP contribution is 2.18. The van der Waals surface area contributed by atoms with E-state index in [9.17, 15) is 10.1 Å². The second kappa shape index (κ2) is 5.31. The zero-order valence-electron chi connectivity index (χ0n) is 8.47. The lowest BCUT2D eigenvalue weighted by atomic mass is 10.3. The van der Waals surface area contributed by atoms with E-state index in [1.807, 2.05) is 0 Å². The standard InChI is InChI=1S/C10H13N2O3/c1-3-10(11-2)15-9-6-4-8(5-7-9)12(13)14/h4-7,10-11H,1,3H2,2H3/t10-/m0/s1. The van der Waals surface area contributed by atoms with Gasteiger partial charge in [-0.05, 0) is 32.5 Å². The smallest absolute Gasteiger partial charge is 0.269 e. The molecule has 0 saturated carbocycles. The van der Waals surface area contributed by atoms with Crippen molar-refractivity contribution in [3.63, 3.8) is 0 Å². The van der Waals surface area contributed by atoms with Gasteiger partial charge in [-0.15, -0.1) is 0 Å². The van der Waals surface area contributed by atoms with Crippen LogP contribution in [0.15, 0.2) is 24.3 Å². The maximum atomic E-state index is 10.4. The van der Waals surface area contributed by atoms with Crippen LogP contribution in [0.25, 0.3) is 0 Å². The number of hydrogen-bond donors (Lipinski definition) is 1. The number of nitro benzene ring substituents is 1. The van der Waals surface area contributed by atoms with Crippen LogP contribution in [-0.2, 0) is 0 Å². The highest BCUT2D eigenvalue weighted by atomic mass is 16.6. The maximum Gasteiger partial charge on any atom is 0.269 e. The summed E-state index contributed by atoms with van der Waals surface area (Å²) < 4.78 is 5.45. The van der Waals surface area contributed by atoms with Crippen molar-refractivity contribution in [1.82, 2.24) is 5.32 Å². The Morgan fingerprint density at radius 3 is 2.53 bits per heavy atom. The topological polar surface area (TPSA) is 64.4 Å². The van der Waals surface area contributed by atoms with Gasteiger partial charge in [0.25, 0.3) is 5.69 Å². The highest BCUT2D eigenvalue weighted by molar-refractivity contribution is 5.36. The van der Waals surface area contributed by atoms with Crippen LogP contribution in [0.3, 0.4) is 0 Å². The average molecular weight is 209 g/mol. The van der Waals surface area contributed by atoms with Crippen molar-refractivity contribution in [3.8, 4) is 5.75 Å². The Labute approximate surface area is 88.2 Å². The minimum atomic E-state index is -0.444. The van der Waals surface area contributed by atoms with E-state index < -0.39 is 4.92 Å². The van der Waals surface area contributed by atoms with Crippen molar-refractivity contribution >= 4 is 5.69 Å². The Hall–Kier alpha value is -1.62. The highest BCUT2D eigenvalue weighted by Gasteiger charge is 2.07. The molecule has 0 spiro atoms. The molecule has 15 heavy (non-hydrogen) atoms. The first-order valence-electron chi connectivity index (χ1n) is 4.55. The molecule has 1 aromatic carbocycles. The summed E-state index contributed by atoms with van der Waals surface area (Å²) >= 11 is 0. The van der Waals surface area contributed by atoms with E-state index >= 15 is 0 Å². The summed E-state index contributed by atoms with van der Waals surface area (Å²) in [6, 6.07) is 5.95. The van der Waals surface area contributed by atoms with Gasteiger partial charge in [0.2, 0.25) is 0 Å². The van der Waals surface area contributed by atoms with Crippen molar-refractivity contribution < 1.29 is 9.66 Å². The Morgan fingerprint density at radius 2 is 2.13 bits per heavy atom. The molecule has 1 radical (unpaired) electrons. The molecule has 5 heteroatoms. The minimum absolute atomic E-state index is 0.0537. The van der Waals surface area contributed by atoms with E-state index in [1.54, 1.807) is 19.2 Å². The third-order valence-corrected chi connectivity index (χ3v) is 1.91. The third kappa shape index (κ3) is 3.21. The van der Waals surface area contributed by atoms with Crippen molar-refractivity contribution in [1.29, 1.82) is 0 Å². The molecular weight excluding hydrogens is 196 g/mol. The second-order valence-corrected chi connectivity index (χ2v) is 2.93. The zero-order chi connectivity index (χ0) is 11.3. The fourth-order valence-electron chi connectivity index (χ4n) is 1.07. The summed E-state index contributed by atoms with van der Waals surface area (Å²) in [5.74, 6) is 0.587. The maximum absolute atomic E-state index is 10.4. The number of nitrogens with zero attached hydrogens (tertiary/aromatic N) is 1. The fraction of sp³-hybridized carbons (Fsp3) is 0.300. The van der Waals surface area contributed by atoms with Crippen molar-refractivity contribution in [3.05, 3.63) is 41.3 Å². The summed E-state index contributed by atoms with van der Waals surface area (Å²) in [6.07, 6.45) is 0.402. The van der Waals surface area contributed by atoms with Gasteiger partial charge in [0, 0.05) is 12.1 Å². The summed E-state index contributed by atoms with van der Waals surface area (Å²) in [5.41, 5.74) is 0.0537. The molecule has 81 valence electrons. The third-order valence-electron chi connectivity index (χ3n) is 1.91. The number of ether oxygens (including phenoxy) is 1. The number of nitro groups is 1. The van der Waals surface area contributed by atoms with Gasteiger partial charge in [0.1, 0.15) is 12.0 Å². The van der Waals surface area contributed by atoms with E-state index in [4.69, 9.17) is 4.74 Å². The lowest BCUT2D eigenvalue weighted by Gasteiger charge is -2.15. The van der Waals surface area contributed by atoms with Crippen LogP contribution < -0.4 is 10.1 Å². The molecule has 1 rings (SSSR count). The summed E-state index contributed by atoms with van der Waals surface area (Å²) in [7, 11) is 1.77. The van der Waals surface area contributed by atoms with Crippen LogP contribution in [0.1, 0.15) is 6.42 Å². The van der Waals surface area contributed by atoms with Gasteiger partial charge >= 0.3 is 0 Å². The van der Waals surface area contributed by atoms with Crippen LogP contribution in [0.2, 0.25) is 0 Å². The van der Waals surface area contributed by atoms with Gasteiger partial charge in [-0.3, -0.25) is 15.4 Å². The predicted molar refractivity (Wildman–Crippen MR) is 56.5 cm³/mol. The molecule has 0 aromatic heterocycles. The molecule has 0 saturated heterocycles. The van der Waals surface area contributed by atoms with Gasteiger partial charge in [-0.25, -0.2) is 0 Å². The molecule has 0 aliphatic heterocycles. The van der Waals surface area contributed by atoms with E-state index in [0.717, 1.165) is 0 Å². The molecule has 5 nitrogen and oxygen atoms in total. The number of nitrogens with one attached hydrogen (secondary N) is 1. The first kappa shape index (κ1) is 11.5. The molecule has 0 unspecified atom stereocenters.